The van der Waals surface area contributed by atoms with Crippen molar-refractivity contribution in [3.05, 3.63) is 53.7 Å². The first-order valence-electron chi connectivity index (χ1n) is 14.7. The van der Waals surface area contributed by atoms with Gasteiger partial charge in [0.2, 0.25) is 0 Å². The van der Waals surface area contributed by atoms with E-state index in [-0.39, 0.29) is 24.1 Å². The molecule has 1 aromatic heterocycles. The molecular weight excluding hydrogens is 488 g/mol. The molecule has 7 heteroatoms. The van der Waals surface area contributed by atoms with Gasteiger partial charge in [0.05, 0.1) is 17.9 Å². The molecule has 0 radical (unpaired) electrons. The number of hydrogen-bond donors (Lipinski definition) is 0. The lowest BCUT2D eigenvalue weighted by molar-refractivity contribution is 0.0237. The molecule has 2 aliphatic rings. The Hall–Kier alpha value is -3.09. The molecule has 2 heterocycles. The number of hydrogen-bond acceptors (Lipinski definition) is 5. The van der Waals surface area contributed by atoms with E-state index >= 15 is 0 Å². The summed E-state index contributed by atoms with van der Waals surface area (Å²) in [6.45, 7) is 11.3. The van der Waals surface area contributed by atoms with E-state index in [1.54, 1.807) is 18.1 Å². The van der Waals surface area contributed by atoms with Crippen LogP contribution in [0.3, 0.4) is 0 Å². The van der Waals surface area contributed by atoms with Crippen LogP contribution in [0.15, 0.2) is 42.6 Å². The van der Waals surface area contributed by atoms with E-state index in [2.05, 4.69) is 30.9 Å². The molecule has 1 aromatic carbocycles. The molecule has 7 nitrogen and oxygen atoms in total. The number of carbonyl (C=O) groups excluding carboxylic acids is 2. The summed E-state index contributed by atoms with van der Waals surface area (Å²) in [7, 11) is 1.80. The minimum absolute atomic E-state index is 0.00863. The van der Waals surface area contributed by atoms with Crippen LogP contribution in [0, 0.1) is 0 Å². The number of aromatic nitrogens is 1. The van der Waals surface area contributed by atoms with E-state index in [4.69, 9.17) is 9.72 Å². The van der Waals surface area contributed by atoms with Gasteiger partial charge in [-0.15, -0.1) is 0 Å². The van der Waals surface area contributed by atoms with E-state index in [0.29, 0.717) is 18.0 Å². The quantitative estimate of drug-likeness (QED) is 0.382. The second-order valence-corrected chi connectivity index (χ2v) is 12.2. The highest BCUT2D eigenvalue weighted by atomic mass is 16.6. The van der Waals surface area contributed by atoms with E-state index in [1.807, 2.05) is 49.9 Å². The minimum Gasteiger partial charge on any atom is -0.444 e. The molecule has 2 amide bonds. The smallest absolute Gasteiger partial charge is 0.410 e. The number of pyridine rings is 1. The molecule has 1 aliphatic carbocycles. The van der Waals surface area contributed by atoms with Crippen LogP contribution < -0.4 is 9.80 Å². The number of amides is 2. The molecule has 2 unspecified atom stereocenters. The minimum atomic E-state index is -0.516. The first-order chi connectivity index (χ1) is 18.6. The summed E-state index contributed by atoms with van der Waals surface area (Å²) in [5.74, 6) is 1.49. The molecule has 2 aromatic rings. The number of ether oxygens (including phenoxy) is 1. The maximum atomic E-state index is 13.7. The van der Waals surface area contributed by atoms with Crippen LogP contribution in [0.5, 0.6) is 0 Å². The summed E-state index contributed by atoms with van der Waals surface area (Å²) in [6.07, 6.45) is 9.65. The zero-order valence-electron chi connectivity index (χ0n) is 24.7. The maximum Gasteiger partial charge on any atom is 0.410 e. The van der Waals surface area contributed by atoms with Gasteiger partial charge in [-0.25, -0.2) is 9.78 Å². The zero-order valence-corrected chi connectivity index (χ0v) is 24.7. The summed E-state index contributed by atoms with van der Waals surface area (Å²) in [6, 6.07) is 12.4. The van der Waals surface area contributed by atoms with Gasteiger partial charge in [-0.05, 0) is 89.1 Å². The van der Waals surface area contributed by atoms with Crippen molar-refractivity contribution in [1.29, 1.82) is 0 Å². The summed E-state index contributed by atoms with van der Waals surface area (Å²) in [5.41, 5.74) is 2.35. The molecule has 212 valence electrons. The van der Waals surface area contributed by atoms with Crippen LogP contribution in [-0.2, 0) is 4.74 Å². The monoisotopic (exact) mass is 534 g/mol. The highest BCUT2D eigenvalue weighted by Gasteiger charge is 2.32. The predicted octanol–water partition coefficient (Wildman–Crippen LogP) is 7.02. The largest absolute Gasteiger partial charge is 0.444 e. The van der Waals surface area contributed by atoms with Crippen LogP contribution in [-0.4, -0.2) is 59.7 Å². The Morgan fingerprint density at radius 3 is 2.33 bits per heavy atom. The van der Waals surface area contributed by atoms with Crippen LogP contribution in [0.1, 0.15) is 101 Å². The van der Waals surface area contributed by atoms with Gasteiger partial charge in [0.25, 0.3) is 5.91 Å². The standard InChI is InChI=1S/C32H46N4O3/c1-7-23(2)36(30(37)26-15-13-25(14-16-26)24-11-9-8-10-12-24)27-17-18-29(33-21-27)35-20-19-28(22-35)34(6)31(38)39-32(3,4)5/h13-18,21,23-24,28H,7-12,19-20,22H2,1-6H3. The molecular formula is C32H46N4O3. The molecule has 1 saturated carbocycles. The molecule has 2 atom stereocenters. The Bertz CT molecular complexity index is 1100. The third-order valence-electron chi connectivity index (χ3n) is 8.21. The Labute approximate surface area is 234 Å². The first-order valence-corrected chi connectivity index (χ1v) is 14.7. The lowest BCUT2D eigenvalue weighted by Gasteiger charge is -2.30. The fraction of sp³-hybridized carbons (Fsp3) is 0.594. The molecule has 1 saturated heterocycles. The Morgan fingerprint density at radius 2 is 1.74 bits per heavy atom. The summed E-state index contributed by atoms with van der Waals surface area (Å²) in [4.78, 5) is 36.7. The molecule has 1 aliphatic heterocycles. The number of carbonyl (C=O) groups is 2. The normalized spacial score (nSPS) is 19.0. The fourth-order valence-electron chi connectivity index (χ4n) is 5.68. The van der Waals surface area contributed by atoms with E-state index in [1.165, 1.54) is 37.7 Å². The van der Waals surface area contributed by atoms with Crippen molar-refractivity contribution in [3.63, 3.8) is 0 Å². The van der Waals surface area contributed by atoms with Crippen molar-refractivity contribution in [3.8, 4) is 0 Å². The number of anilines is 2. The highest BCUT2D eigenvalue weighted by molar-refractivity contribution is 6.06. The second kappa shape index (κ2) is 12.4. The van der Waals surface area contributed by atoms with Crippen molar-refractivity contribution in [2.45, 2.75) is 103 Å². The second-order valence-electron chi connectivity index (χ2n) is 12.2. The Morgan fingerprint density at radius 1 is 1.05 bits per heavy atom. The summed E-state index contributed by atoms with van der Waals surface area (Å²) < 4.78 is 5.54. The van der Waals surface area contributed by atoms with Crippen molar-refractivity contribution in [1.82, 2.24) is 9.88 Å². The number of benzene rings is 1. The number of rotatable bonds is 7. The highest BCUT2D eigenvalue weighted by Crippen LogP contribution is 2.33. The van der Waals surface area contributed by atoms with E-state index < -0.39 is 5.60 Å². The SMILES string of the molecule is CCC(C)N(C(=O)c1ccc(C2CCCCC2)cc1)c1ccc(N2CCC(N(C)C(=O)OC(C)(C)C)C2)nc1. The van der Waals surface area contributed by atoms with Crippen LogP contribution in [0.2, 0.25) is 0 Å². The average Bonchev–Trinajstić information content (AvgIpc) is 3.43. The lowest BCUT2D eigenvalue weighted by Crippen LogP contribution is -2.42. The van der Waals surface area contributed by atoms with Crippen molar-refractivity contribution in [2.24, 2.45) is 0 Å². The number of nitrogens with zero attached hydrogens (tertiary/aromatic N) is 4. The molecule has 39 heavy (non-hydrogen) atoms. The van der Waals surface area contributed by atoms with Gasteiger partial charge in [-0.3, -0.25) is 4.79 Å². The number of likely N-dealkylation sites (N-methyl/N-ethyl adjacent to an activating group) is 1. The summed E-state index contributed by atoms with van der Waals surface area (Å²) >= 11 is 0. The zero-order chi connectivity index (χ0) is 28.2. The molecule has 4 rings (SSSR count). The first kappa shape index (κ1) is 28.9. The van der Waals surface area contributed by atoms with Gasteiger partial charge in [-0.2, -0.15) is 0 Å². The fourth-order valence-corrected chi connectivity index (χ4v) is 5.68. The van der Waals surface area contributed by atoms with Gasteiger partial charge < -0.3 is 19.4 Å². The lowest BCUT2D eigenvalue weighted by atomic mass is 9.84. The van der Waals surface area contributed by atoms with Crippen LogP contribution in [0.25, 0.3) is 0 Å². The average molecular weight is 535 g/mol. The van der Waals surface area contributed by atoms with E-state index in [0.717, 1.165) is 30.9 Å². The van der Waals surface area contributed by atoms with Gasteiger partial charge in [-0.1, -0.05) is 38.3 Å². The van der Waals surface area contributed by atoms with Gasteiger partial charge in [0.15, 0.2) is 0 Å². The molecule has 0 bridgehead atoms. The Kier molecular flexibility index (Phi) is 9.19. The van der Waals surface area contributed by atoms with Gasteiger partial charge in [0.1, 0.15) is 11.4 Å². The Balaban J connectivity index is 1.44. The maximum absolute atomic E-state index is 13.7. The van der Waals surface area contributed by atoms with E-state index in [9.17, 15) is 9.59 Å². The van der Waals surface area contributed by atoms with Crippen molar-refractivity contribution < 1.29 is 14.3 Å². The molecule has 2 fully saturated rings. The summed E-state index contributed by atoms with van der Waals surface area (Å²) in [5, 5.41) is 0. The predicted molar refractivity (Wildman–Crippen MR) is 158 cm³/mol. The third kappa shape index (κ3) is 7.11. The topological polar surface area (TPSA) is 66.0 Å². The van der Waals surface area contributed by atoms with Crippen molar-refractivity contribution in [2.75, 3.05) is 29.9 Å². The molecule has 0 spiro atoms. The van der Waals surface area contributed by atoms with Crippen LogP contribution in [0.4, 0.5) is 16.3 Å². The molecule has 0 N–H and O–H groups in total. The van der Waals surface area contributed by atoms with Gasteiger partial charge >= 0.3 is 6.09 Å². The van der Waals surface area contributed by atoms with Crippen molar-refractivity contribution >= 4 is 23.5 Å². The van der Waals surface area contributed by atoms with Crippen LogP contribution >= 0.6 is 0 Å². The van der Waals surface area contributed by atoms with Gasteiger partial charge in [0, 0.05) is 31.7 Å². The third-order valence-corrected chi connectivity index (χ3v) is 8.21.